The fourth-order valence-electron chi connectivity index (χ4n) is 1.64. The zero-order valence-electron chi connectivity index (χ0n) is 10.4. The van der Waals surface area contributed by atoms with E-state index in [1.165, 1.54) is 0 Å². The van der Waals surface area contributed by atoms with Gasteiger partial charge >= 0.3 is 0 Å². The van der Waals surface area contributed by atoms with Crippen LogP contribution in [0.5, 0.6) is 0 Å². The summed E-state index contributed by atoms with van der Waals surface area (Å²) >= 11 is 11.8. The van der Waals surface area contributed by atoms with E-state index < -0.39 is 0 Å². The average Bonchev–Trinajstić information content (AvgIpc) is 2.34. The molecule has 0 unspecified atom stereocenters. The number of halogens is 2. The van der Waals surface area contributed by atoms with Crippen LogP contribution in [0.25, 0.3) is 0 Å². The van der Waals surface area contributed by atoms with Gasteiger partial charge in [0.1, 0.15) is 10.8 Å². The van der Waals surface area contributed by atoms with Crippen LogP contribution in [0.4, 0.5) is 5.69 Å². The van der Waals surface area contributed by atoms with Crippen molar-refractivity contribution in [1.29, 1.82) is 0 Å². The van der Waals surface area contributed by atoms with Crippen molar-refractivity contribution in [1.82, 2.24) is 9.97 Å². The van der Waals surface area contributed by atoms with E-state index in [1.807, 2.05) is 13.0 Å². The number of nitrogens with zero attached hydrogens (tertiary/aromatic N) is 2. The molecule has 0 radical (unpaired) electrons. The minimum absolute atomic E-state index is 0.159. The molecule has 1 amide bonds. The van der Waals surface area contributed by atoms with Crippen LogP contribution in [0.3, 0.4) is 0 Å². The van der Waals surface area contributed by atoms with E-state index in [2.05, 4.69) is 15.3 Å². The maximum atomic E-state index is 12.1. The minimum atomic E-state index is -0.327. The molecule has 0 aliphatic heterocycles. The van der Waals surface area contributed by atoms with Crippen molar-refractivity contribution in [2.24, 2.45) is 0 Å². The number of rotatable bonds is 2. The van der Waals surface area contributed by atoms with Crippen LogP contribution < -0.4 is 5.32 Å². The Morgan fingerprint density at radius 2 is 2.00 bits per heavy atom. The van der Waals surface area contributed by atoms with Crippen molar-refractivity contribution >= 4 is 34.8 Å². The van der Waals surface area contributed by atoms with Crippen LogP contribution in [0, 0.1) is 13.8 Å². The Balaban J connectivity index is 2.32. The number of aromatic nitrogens is 2. The van der Waals surface area contributed by atoms with Gasteiger partial charge in [0.15, 0.2) is 5.15 Å². The third-order valence-electron chi connectivity index (χ3n) is 2.60. The Kier molecular flexibility index (Phi) is 4.02. The normalized spacial score (nSPS) is 10.3. The summed E-state index contributed by atoms with van der Waals surface area (Å²) < 4.78 is 0. The average molecular weight is 296 g/mol. The van der Waals surface area contributed by atoms with Crippen LogP contribution in [-0.2, 0) is 0 Å². The molecule has 0 atom stereocenters. The minimum Gasteiger partial charge on any atom is -0.318 e. The van der Waals surface area contributed by atoms with Gasteiger partial charge in [0.25, 0.3) is 5.91 Å². The molecule has 0 saturated heterocycles. The van der Waals surface area contributed by atoms with Crippen molar-refractivity contribution in [3.8, 4) is 0 Å². The first-order chi connectivity index (χ1) is 8.99. The molecule has 1 N–H and O–H groups in total. The van der Waals surface area contributed by atoms with Gasteiger partial charge in [-0.2, -0.15) is 0 Å². The van der Waals surface area contributed by atoms with E-state index in [0.717, 1.165) is 11.1 Å². The first-order valence-electron chi connectivity index (χ1n) is 5.54. The predicted octanol–water partition coefficient (Wildman–Crippen LogP) is 3.65. The molecule has 6 heteroatoms. The Morgan fingerprint density at radius 3 is 2.63 bits per heavy atom. The molecule has 2 aromatic rings. The third-order valence-corrected chi connectivity index (χ3v) is 3.07. The number of nitrogens with one attached hydrogen (secondary N) is 1. The lowest BCUT2D eigenvalue weighted by Crippen LogP contribution is -2.16. The molecule has 4 nitrogen and oxygen atoms in total. The number of hydrogen-bond acceptors (Lipinski definition) is 3. The summed E-state index contributed by atoms with van der Waals surface area (Å²) in [7, 11) is 0. The second-order valence-electron chi connectivity index (χ2n) is 4.05. The van der Waals surface area contributed by atoms with Gasteiger partial charge < -0.3 is 5.32 Å². The highest BCUT2D eigenvalue weighted by Crippen LogP contribution is 2.26. The van der Waals surface area contributed by atoms with Gasteiger partial charge in [-0.15, -0.1) is 0 Å². The number of hydrogen-bond donors (Lipinski definition) is 1. The van der Waals surface area contributed by atoms with Crippen molar-refractivity contribution in [2.45, 2.75) is 13.8 Å². The lowest BCUT2D eigenvalue weighted by atomic mass is 10.2. The first kappa shape index (κ1) is 13.8. The predicted molar refractivity (Wildman–Crippen MR) is 75.9 cm³/mol. The highest BCUT2D eigenvalue weighted by atomic mass is 35.5. The van der Waals surface area contributed by atoms with E-state index in [4.69, 9.17) is 23.2 Å². The molecule has 0 spiro atoms. The fourth-order valence-corrected chi connectivity index (χ4v) is 2.22. The van der Waals surface area contributed by atoms with Crippen molar-refractivity contribution in [2.75, 3.05) is 5.32 Å². The Bertz CT molecular complexity index is 621. The molecule has 0 saturated carbocycles. The number of carbonyl (C=O) groups is 1. The Hall–Kier alpha value is -1.65. The molecule has 0 aromatic carbocycles. The van der Waals surface area contributed by atoms with Gasteiger partial charge in [-0.05, 0) is 37.1 Å². The molecular formula is C13H11Cl2N3O. The Labute approximate surface area is 120 Å². The molecule has 2 heterocycles. The summed E-state index contributed by atoms with van der Waals surface area (Å²) in [5, 5.41) is 3.15. The van der Waals surface area contributed by atoms with Crippen molar-refractivity contribution in [3.63, 3.8) is 0 Å². The second-order valence-corrected chi connectivity index (χ2v) is 4.80. The summed E-state index contributed by atoms with van der Waals surface area (Å²) in [6.45, 7) is 3.61. The van der Waals surface area contributed by atoms with Gasteiger partial charge in [0, 0.05) is 6.20 Å². The highest BCUT2D eigenvalue weighted by molar-refractivity contribution is 6.35. The molecule has 19 heavy (non-hydrogen) atoms. The molecular weight excluding hydrogens is 285 g/mol. The van der Waals surface area contributed by atoms with E-state index in [0.29, 0.717) is 11.4 Å². The van der Waals surface area contributed by atoms with Gasteiger partial charge in [-0.3, -0.25) is 9.78 Å². The number of anilines is 1. The standard InChI is InChI=1S/C13H11Cl2N3O/c1-7-4-3-5-16-11(7)13(19)18-10-8(2)6-9(14)17-12(10)15/h3-6H,1-2H3,(H,18,19). The number of carbonyl (C=O) groups excluding carboxylic acids is 1. The second kappa shape index (κ2) is 5.55. The number of aryl methyl sites for hydroxylation is 2. The van der Waals surface area contributed by atoms with Crippen LogP contribution in [0.1, 0.15) is 21.6 Å². The van der Waals surface area contributed by atoms with E-state index in [9.17, 15) is 4.79 Å². The van der Waals surface area contributed by atoms with Crippen molar-refractivity contribution in [3.05, 3.63) is 51.5 Å². The SMILES string of the molecule is Cc1cccnc1C(=O)Nc1c(C)cc(Cl)nc1Cl. The maximum Gasteiger partial charge on any atom is 0.274 e. The highest BCUT2D eigenvalue weighted by Gasteiger charge is 2.14. The largest absolute Gasteiger partial charge is 0.318 e. The molecule has 0 aliphatic rings. The van der Waals surface area contributed by atoms with Gasteiger partial charge in [0.2, 0.25) is 0 Å². The van der Waals surface area contributed by atoms with Crippen molar-refractivity contribution < 1.29 is 4.79 Å². The molecule has 0 aliphatic carbocycles. The molecule has 98 valence electrons. The molecule has 2 aromatic heterocycles. The lowest BCUT2D eigenvalue weighted by molar-refractivity contribution is 0.102. The van der Waals surface area contributed by atoms with Gasteiger partial charge in [-0.25, -0.2) is 4.98 Å². The number of pyridine rings is 2. The monoisotopic (exact) mass is 295 g/mol. The van der Waals surface area contributed by atoms with Crippen LogP contribution in [0.2, 0.25) is 10.3 Å². The van der Waals surface area contributed by atoms with E-state index in [1.54, 1.807) is 25.3 Å². The van der Waals surface area contributed by atoms with E-state index >= 15 is 0 Å². The van der Waals surface area contributed by atoms with Gasteiger partial charge in [-0.1, -0.05) is 29.3 Å². The summed E-state index contributed by atoms with van der Waals surface area (Å²) in [6, 6.07) is 5.22. The quantitative estimate of drug-likeness (QED) is 0.861. The van der Waals surface area contributed by atoms with Crippen LogP contribution in [-0.4, -0.2) is 15.9 Å². The third kappa shape index (κ3) is 3.03. The lowest BCUT2D eigenvalue weighted by Gasteiger charge is -2.10. The number of amides is 1. The molecule has 2 rings (SSSR count). The van der Waals surface area contributed by atoms with Crippen LogP contribution >= 0.6 is 23.2 Å². The van der Waals surface area contributed by atoms with E-state index in [-0.39, 0.29) is 16.2 Å². The summed E-state index contributed by atoms with van der Waals surface area (Å²) in [6.07, 6.45) is 1.57. The fraction of sp³-hybridized carbons (Fsp3) is 0.154. The summed E-state index contributed by atoms with van der Waals surface area (Å²) in [5.74, 6) is -0.327. The first-order valence-corrected chi connectivity index (χ1v) is 6.30. The van der Waals surface area contributed by atoms with Crippen LogP contribution in [0.15, 0.2) is 24.4 Å². The Morgan fingerprint density at radius 1 is 1.26 bits per heavy atom. The summed E-state index contributed by atoms with van der Waals surface area (Å²) in [4.78, 5) is 20.1. The molecule has 0 bridgehead atoms. The van der Waals surface area contributed by atoms with Gasteiger partial charge in [0.05, 0.1) is 5.69 Å². The zero-order chi connectivity index (χ0) is 14.0. The maximum absolute atomic E-state index is 12.1. The summed E-state index contributed by atoms with van der Waals surface area (Å²) in [5.41, 5.74) is 2.33. The zero-order valence-corrected chi connectivity index (χ0v) is 11.9. The smallest absolute Gasteiger partial charge is 0.274 e. The topological polar surface area (TPSA) is 54.9 Å². The molecule has 0 fully saturated rings.